The maximum atomic E-state index is 10.8. The molecule has 1 atom stereocenters. The van der Waals surface area contributed by atoms with Gasteiger partial charge in [-0.3, -0.25) is 0 Å². The van der Waals surface area contributed by atoms with E-state index < -0.39 is 6.09 Å². The SMILES string of the molecule is CC(C)C[C@@H]1CNCCN1C(=O)O. The highest BCUT2D eigenvalue weighted by Crippen LogP contribution is 2.13. The zero-order valence-electron chi connectivity index (χ0n) is 8.29. The molecule has 1 rings (SSSR count). The molecule has 0 radical (unpaired) electrons. The summed E-state index contributed by atoms with van der Waals surface area (Å²) in [4.78, 5) is 12.4. The molecule has 0 aromatic heterocycles. The molecule has 1 aliphatic heterocycles. The Morgan fingerprint density at radius 2 is 2.38 bits per heavy atom. The van der Waals surface area contributed by atoms with Gasteiger partial charge in [0.2, 0.25) is 0 Å². The number of hydrogen-bond donors (Lipinski definition) is 2. The van der Waals surface area contributed by atoms with Crippen molar-refractivity contribution in [2.24, 2.45) is 5.92 Å². The Bertz CT molecular complexity index is 182. The van der Waals surface area contributed by atoms with E-state index in [1.165, 1.54) is 0 Å². The van der Waals surface area contributed by atoms with E-state index in [9.17, 15) is 4.79 Å². The van der Waals surface area contributed by atoms with Gasteiger partial charge in [-0.25, -0.2) is 4.79 Å². The summed E-state index contributed by atoms with van der Waals surface area (Å²) in [6.45, 7) is 6.43. The second-order valence-corrected chi connectivity index (χ2v) is 3.96. The smallest absolute Gasteiger partial charge is 0.407 e. The van der Waals surface area contributed by atoms with Gasteiger partial charge in [-0.05, 0) is 12.3 Å². The molecule has 76 valence electrons. The van der Waals surface area contributed by atoms with E-state index in [4.69, 9.17) is 5.11 Å². The highest BCUT2D eigenvalue weighted by molar-refractivity contribution is 5.65. The summed E-state index contributed by atoms with van der Waals surface area (Å²) in [6.07, 6.45) is 0.159. The van der Waals surface area contributed by atoms with E-state index in [1.807, 2.05) is 0 Å². The molecule has 0 bridgehead atoms. The largest absolute Gasteiger partial charge is 0.465 e. The Hall–Kier alpha value is -0.770. The van der Waals surface area contributed by atoms with Crippen molar-refractivity contribution in [3.8, 4) is 0 Å². The van der Waals surface area contributed by atoms with Gasteiger partial charge in [-0.2, -0.15) is 0 Å². The summed E-state index contributed by atoms with van der Waals surface area (Å²) in [5.74, 6) is 0.548. The summed E-state index contributed by atoms with van der Waals surface area (Å²) in [6, 6.07) is 0.159. The molecule has 1 fully saturated rings. The zero-order valence-corrected chi connectivity index (χ0v) is 8.29. The van der Waals surface area contributed by atoms with E-state index in [2.05, 4.69) is 19.2 Å². The minimum Gasteiger partial charge on any atom is -0.465 e. The first-order valence-corrected chi connectivity index (χ1v) is 4.81. The van der Waals surface area contributed by atoms with Crippen LogP contribution in [-0.4, -0.2) is 41.8 Å². The lowest BCUT2D eigenvalue weighted by molar-refractivity contribution is 0.105. The Labute approximate surface area is 78.9 Å². The Morgan fingerprint density at radius 1 is 1.69 bits per heavy atom. The molecule has 13 heavy (non-hydrogen) atoms. The fourth-order valence-electron chi connectivity index (χ4n) is 1.77. The first kappa shape index (κ1) is 10.3. The first-order valence-electron chi connectivity index (χ1n) is 4.81. The van der Waals surface area contributed by atoms with Gasteiger partial charge in [0.15, 0.2) is 0 Å². The van der Waals surface area contributed by atoms with Crippen LogP contribution >= 0.6 is 0 Å². The maximum absolute atomic E-state index is 10.8. The number of carbonyl (C=O) groups is 1. The maximum Gasteiger partial charge on any atom is 0.407 e. The average molecular weight is 186 g/mol. The summed E-state index contributed by atoms with van der Waals surface area (Å²) in [5, 5.41) is 12.1. The highest BCUT2D eigenvalue weighted by atomic mass is 16.4. The van der Waals surface area contributed by atoms with Crippen LogP contribution in [0, 0.1) is 5.92 Å². The minimum atomic E-state index is -0.785. The van der Waals surface area contributed by atoms with Crippen LogP contribution < -0.4 is 5.32 Å². The van der Waals surface area contributed by atoms with Crippen molar-refractivity contribution < 1.29 is 9.90 Å². The third-order valence-electron chi connectivity index (χ3n) is 2.34. The van der Waals surface area contributed by atoms with Crippen LogP contribution in [0.1, 0.15) is 20.3 Å². The van der Waals surface area contributed by atoms with E-state index in [0.717, 1.165) is 19.5 Å². The molecule has 0 aromatic carbocycles. The molecule has 1 amide bonds. The fraction of sp³-hybridized carbons (Fsp3) is 0.889. The molecule has 1 heterocycles. The van der Waals surface area contributed by atoms with Gasteiger partial charge < -0.3 is 15.3 Å². The molecule has 0 saturated carbocycles. The van der Waals surface area contributed by atoms with Gasteiger partial charge in [0, 0.05) is 25.7 Å². The van der Waals surface area contributed by atoms with Crippen molar-refractivity contribution >= 4 is 6.09 Å². The molecule has 0 spiro atoms. The van der Waals surface area contributed by atoms with Crippen LogP contribution in [-0.2, 0) is 0 Å². The molecule has 4 heteroatoms. The number of piperazine rings is 1. The van der Waals surface area contributed by atoms with Crippen LogP contribution in [0.5, 0.6) is 0 Å². The molecular formula is C9H18N2O2. The molecule has 0 aliphatic carbocycles. The molecule has 1 aliphatic rings. The summed E-state index contributed by atoms with van der Waals surface area (Å²) in [5.41, 5.74) is 0. The third kappa shape index (κ3) is 2.88. The normalized spacial score (nSPS) is 23.6. The highest BCUT2D eigenvalue weighted by Gasteiger charge is 2.26. The third-order valence-corrected chi connectivity index (χ3v) is 2.34. The predicted octanol–water partition coefficient (Wildman–Crippen LogP) is 0.984. The van der Waals surface area contributed by atoms with Crippen molar-refractivity contribution in [3.05, 3.63) is 0 Å². The lowest BCUT2D eigenvalue weighted by atomic mass is 10.0. The van der Waals surface area contributed by atoms with Crippen molar-refractivity contribution in [1.82, 2.24) is 10.2 Å². The first-order chi connectivity index (χ1) is 6.11. The van der Waals surface area contributed by atoms with E-state index in [1.54, 1.807) is 4.90 Å². The van der Waals surface area contributed by atoms with Crippen LogP contribution in [0.25, 0.3) is 0 Å². The Balaban J connectivity index is 2.51. The van der Waals surface area contributed by atoms with E-state index >= 15 is 0 Å². The molecule has 0 unspecified atom stereocenters. The van der Waals surface area contributed by atoms with Gasteiger partial charge in [-0.1, -0.05) is 13.8 Å². The second-order valence-electron chi connectivity index (χ2n) is 3.96. The second kappa shape index (κ2) is 4.46. The van der Waals surface area contributed by atoms with Gasteiger partial charge in [0.25, 0.3) is 0 Å². The van der Waals surface area contributed by atoms with Crippen molar-refractivity contribution in [2.75, 3.05) is 19.6 Å². The summed E-state index contributed by atoms with van der Waals surface area (Å²) >= 11 is 0. The zero-order chi connectivity index (χ0) is 9.84. The van der Waals surface area contributed by atoms with Crippen molar-refractivity contribution in [1.29, 1.82) is 0 Å². The number of amides is 1. The number of carboxylic acid groups (broad SMARTS) is 1. The quantitative estimate of drug-likeness (QED) is 0.676. The molecule has 4 nitrogen and oxygen atoms in total. The van der Waals surface area contributed by atoms with Crippen LogP contribution in [0.2, 0.25) is 0 Å². The van der Waals surface area contributed by atoms with Crippen LogP contribution in [0.15, 0.2) is 0 Å². The number of rotatable bonds is 2. The van der Waals surface area contributed by atoms with Gasteiger partial charge in [-0.15, -0.1) is 0 Å². The molecule has 0 aromatic rings. The van der Waals surface area contributed by atoms with Crippen molar-refractivity contribution in [3.63, 3.8) is 0 Å². The topological polar surface area (TPSA) is 52.6 Å². The van der Waals surface area contributed by atoms with Gasteiger partial charge in [0.1, 0.15) is 0 Å². The molecular weight excluding hydrogens is 168 g/mol. The Morgan fingerprint density at radius 3 is 2.92 bits per heavy atom. The monoisotopic (exact) mass is 186 g/mol. The summed E-state index contributed by atoms with van der Waals surface area (Å²) in [7, 11) is 0. The van der Waals surface area contributed by atoms with E-state index in [0.29, 0.717) is 12.5 Å². The average Bonchev–Trinajstić information content (AvgIpc) is 2.03. The fourth-order valence-corrected chi connectivity index (χ4v) is 1.77. The standard InChI is InChI=1S/C9H18N2O2/c1-7(2)5-8-6-10-3-4-11(8)9(12)13/h7-8,10H,3-6H2,1-2H3,(H,12,13)/t8-/m1/s1. The van der Waals surface area contributed by atoms with E-state index in [-0.39, 0.29) is 6.04 Å². The number of hydrogen-bond acceptors (Lipinski definition) is 2. The molecule has 2 N–H and O–H groups in total. The lowest BCUT2D eigenvalue weighted by Crippen LogP contribution is -2.53. The van der Waals surface area contributed by atoms with Crippen LogP contribution in [0.3, 0.4) is 0 Å². The Kier molecular flexibility index (Phi) is 3.54. The summed E-state index contributed by atoms with van der Waals surface area (Å²) < 4.78 is 0. The van der Waals surface area contributed by atoms with Crippen LogP contribution in [0.4, 0.5) is 4.79 Å². The van der Waals surface area contributed by atoms with Gasteiger partial charge in [0.05, 0.1) is 0 Å². The minimum absolute atomic E-state index is 0.159. The number of nitrogens with zero attached hydrogens (tertiary/aromatic N) is 1. The van der Waals surface area contributed by atoms with Gasteiger partial charge >= 0.3 is 6.09 Å². The van der Waals surface area contributed by atoms with Crippen molar-refractivity contribution in [2.45, 2.75) is 26.3 Å². The predicted molar refractivity (Wildman–Crippen MR) is 50.8 cm³/mol. The number of nitrogens with one attached hydrogen (secondary N) is 1. The molecule has 1 saturated heterocycles. The lowest BCUT2D eigenvalue weighted by Gasteiger charge is -2.35.